The van der Waals surface area contributed by atoms with Gasteiger partial charge in [0.25, 0.3) is 0 Å². The van der Waals surface area contributed by atoms with Gasteiger partial charge in [-0.3, -0.25) is 0 Å². The summed E-state index contributed by atoms with van der Waals surface area (Å²) >= 11 is 11.1. The highest BCUT2D eigenvalue weighted by atomic mass is 35.5. The maximum atomic E-state index is 10.3. The van der Waals surface area contributed by atoms with E-state index in [-0.39, 0.29) is 34.4 Å². The van der Waals surface area contributed by atoms with Gasteiger partial charge in [-0.25, -0.2) is 9.59 Å². The minimum Gasteiger partial charge on any atom is -0.478 e. The number of halogens is 2. The molecule has 30 heavy (non-hydrogen) atoms. The normalized spacial score (nSPS) is 9.60. The Hall–Kier alpha value is -2.20. The van der Waals surface area contributed by atoms with Crippen LogP contribution in [0.5, 0.6) is 0 Å². The quantitative estimate of drug-likeness (QED) is 0.417. The van der Waals surface area contributed by atoms with E-state index < -0.39 is 11.9 Å². The van der Waals surface area contributed by atoms with Crippen molar-refractivity contribution < 1.29 is 39.5 Å². The Labute approximate surface area is 184 Å². The first-order valence-electron chi connectivity index (χ1n) is 8.68. The molecule has 166 valence electrons. The SMILES string of the molecule is O=C(O)c1ccccc1Cl.O=C(O)c1ccccc1Cl.OCCOCCOCCO. The minimum absolute atomic E-state index is 0.0417. The number of hydrogen-bond donors (Lipinski definition) is 4. The lowest BCUT2D eigenvalue weighted by molar-refractivity contribution is 0.0222. The van der Waals surface area contributed by atoms with Gasteiger partial charge in [0, 0.05) is 0 Å². The molecule has 0 aliphatic heterocycles. The number of hydrogen-bond acceptors (Lipinski definition) is 6. The van der Waals surface area contributed by atoms with Crippen LogP contribution in [0, 0.1) is 0 Å². The number of carbonyl (C=O) groups is 2. The predicted octanol–water partition coefficient (Wildman–Crippen LogP) is 3.08. The molecule has 0 bridgehead atoms. The smallest absolute Gasteiger partial charge is 0.337 e. The second-order valence-electron chi connectivity index (χ2n) is 5.24. The van der Waals surface area contributed by atoms with Crippen molar-refractivity contribution in [3.63, 3.8) is 0 Å². The number of aliphatic hydroxyl groups is 2. The largest absolute Gasteiger partial charge is 0.478 e. The summed E-state index contributed by atoms with van der Waals surface area (Å²) in [4.78, 5) is 20.7. The first-order chi connectivity index (χ1) is 14.3. The molecule has 0 aromatic heterocycles. The number of carboxylic acid groups (broad SMARTS) is 2. The van der Waals surface area contributed by atoms with E-state index in [1.807, 2.05) is 0 Å². The Morgan fingerprint density at radius 2 is 1.00 bits per heavy atom. The van der Waals surface area contributed by atoms with E-state index in [1.165, 1.54) is 12.1 Å². The first kappa shape index (κ1) is 27.8. The van der Waals surface area contributed by atoms with Crippen LogP contribution in [0.2, 0.25) is 10.0 Å². The standard InChI is InChI=1S/2C7H5ClO2.C6H14O4/c2*8-6-4-2-1-3-5(6)7(9)10;7-1-3-9-5-6-10-4-2-8/h2*1-4H,(H,9,10);7-8H,1-6H2. The van der Waals surface area contributed by atoms with Gasteiger partial charge in [0.15, 0.2) is 0 Å². The molecule has 2 aromatic rings. The molecule has 4 N–H and O–H groups in total. The fourth-order valence-electron chi connectivity index (χ4n) is 1.72. The Morgan fingerprint density at radius 3 is 1.23 bits per heavy atom. The second-order valence-corrected chi connectivity index (χ2v) is 6.06. The molecule has 0 aliphatic carbocycles. The summed E-state index contributed by atoms with van der Waals surface area (Å²) in [5, 5.41) is 34.0. The molecule has 0 saturated heterocycles. The van der Waals surface area contributed by atoms with Gasteiger partial charge >= 0.3 is 11.9 Å². The highest BCUT2D eigenvalue weighted by Crippen LogP contribution is 2.14. The molecule has 2 aromatic carbocycles. The van der Waals surface area contributed by atoms with Crippen LogP contribution in [0.3, 0.4) is 0 Å². The molecular weight excluding hydrogens is 439 g/mol. The van der Waals surface area contributed by atoms with E-state index >= 15 is 0 Å². The molecule has 8 nitrogen and oxygen atoms in total. The van der Waals surface area contributed by atoms with Gasteiger partial charge in [-0.2, -0.15) is 0 Å². The molecular formula is C20H24Cl2O8. The Balaban J connectivity index is 0.000000420. The summed E-state index contributed by atoms with van der Waals surface area (Å²) in [6.07, 6.45) is 0. The molecule has 0 saturated carbocycles. The van der Waals surface area contributed by atoms with Crippen molar-refractivity contribution >= 4 is 35.1 Å². The fourth-order valence-corrected chi connectivity index (χ4v) is 2.15. The van der Waals surface area contributed by atoms with Crippen LogP contribution in [-0.4, -0.2) is 72.0 Å². The first-order valence-corrected chi connectivity index (χ1v) is 9.43. The monoisotopic (exact) mass is 462 g/mol. The van der Waals surface area contributed by atoms with Crippen molar-refractivity contribution in [3.05, 3.63) is 69.7 Å². The Kier molecular flexibility index (Phi) is 16.3. The maximum absolute atomic E-state index is 10.3. The van der Waals surface area contributed by atoms with Crippen molar-refractivity contribution in [1.29, 1.82) is 0 Å². The summed E-state index contributed by atoms with van der Waals surface area (Å²) in [7, 11) is 0. The van der Waals surface area contributed by atoms with E-state index in [4.69, 9.17) is 53.1 Å². The third kappa shape index (κ3) is 13.1. The van der Waals surface area contributed by atoms with Gasteiger partial charge in [0.2, 0.25) is 0 Å². The van der Waals surface area contributed by atoms with Crippen LogP contribution in [0.15, 0.2) is 48.5 Å². The summed E-state index contributed by atoms with van der Waals surface area (Å²) in [5.74, 6) is -1.99. The lowest BCUT2D eigenvalue weighted by Crippen LogP contribution is -2.09. The van der Waals surface area contributed by atoms with Crippen molar-refractivity contribution in [3.8, 4) is 0 Å². The number of carboxylic acids is 2. The summed E-state index contributed by atoms with van der Waals surface area (Å²) in [5.41, 5.74) is 0.285. The Bertz CT molecular complexity index is 692. The van der Waals surface area contributed by atoms with E-state index in [0.717, 1.165) is 0 Å². The number of ether oxygens (including phenoxy) is 2. The summed E-state index contributed by atoms with van der Waals surface area (Å²) < 4.78 is 9.75. The van der Waals surface area contributed by atoms with Crippen LogP contribution in [0.4, 0.5) is 0 Å². The topological polar surface area (TPSA) is 134 Å². The van der Waals surface area contributed by atoms with E-state index in [2.05, 4.69) is 0 Å². The van der Waals surface area contributed by atoms with Crippen molar-refractivity contribution in [2.45, 2.75) is 0 Å². The van der Waals surface area contributed by atoms with E-state index in [0.29, 0.717) is 26.4 Å². The molecule has 0 amide bonds. The van der Waals surface area contributed by atoms with Gasteiger partial charge in [-0.05, 0) is 24.3 Å². The van der Waals surface area contributed by atoms with Crippen molar-refractivity contribution in [2.75, 3.05) is 39.6 Å². The van der Waals surface area contributed by atoms with Gasteiger partial charge in [0.1, 0.15) is 0 Å². The minimum atomic E-state index is -0.995. The predicted molar refractivity (Wildman–Crippen MR) is 113 cm³/mol. The highest BCUT2D eigenvalue weighted by molar-refractivity contribution is 6.33. The molecule has 10 heteroatoms. The molecule has 0 radical (unpaired) electrons. The number of aromatic carboxylic acids is 2. The van der Waals surface area contributed by atoms with Gasteiger partial charge in [0.05, 0.1) is 60.8 Å². The van der Waals surface area contributed by atoms with Crippen LogP contribution in [0.1, 0.15) is 20.7 Å². The number of rotatable bonds is 9. The van der Waals surface area contributed by atoms with Crippen molar-refractivity contribution in [2.24, 2.45) is 0 Å². The average Bonchev–Trinajstić information content (AvgIpc) is 2.72. The Morgan fingerprint density at radius 1 is 0.667 bits per heavy atom. The average molecular weight is 463 g/mol. The summed E-state index contributed by atoms with van der Waals surface area (Å²) in [6.45, 7) is 1.73. The van der Waals surface area contributed by atoms with Crippen molar-refractivity contribution in [1.82, 2.24) is 0 Å². The van der Waals surface area contributed by atoms with Crippen LogP contribution >= 0.6 is 23.2 Å². The lowest BCUT2D eigenvalue weighted by Gasteiger charge is -2.01. The zero-order valence-corrected chi connectivity index (χ0v) is 17.6. The molecule has 0 spiro atoms. The summed E-state index contributed by atoms with van der Waals surface area (Å²) in [6, 6.07) is 12.7. The number of aliphatic hydroxyl groups excluding tert-OH is 2. The zero-order chi connectivity index (χ0) is 22.8. The van der Waals surface area contributed by atoms with Crippen LogP contribution < -0.4 is 0 Å². The van der Waals surface area contributed by atoms with E-state index in [1.54, 1.807) is 36.4 Å². The molecule has 0 unspecified atom stereocenters. The fraction of sp³-hybridized carbons (Fsp3) is 0.300. The molecule has 0 atom stereocenters. The third-order valence-corrected chi connectivity index (χ3v) is 3.71. The molecule has 2 rings (SSSR count). The van der Waals surface area contributed by atoms with Gasteiger partial charge < -0.3 is 29.9 Å². The zero-order valence-electron chi connectivity index (χ0n) is 16.0. The van der Waals surface area contributed by atoms with E-state index in [9.17, 15) is 9.59 Å². The molecule has 0 heterocycles. The van der Waals surface area contributed by atoms with Crippen LogP contribution in [0.25, 0.3) is 0 Å². The second kappa shape index (κ2) is 17.6. The molecule has 0 fully saturated rings. The van der Waals surface area contributed by atoms with Gasteiger partial charge in [-0.15, -0.1) is 0 Å². The van der Waals surface area contributed by atoms with Crippen LogP contribution in [-0.2, 0) is 9.47 Å². The highest BCUT2D eigenvalue weighted by Gasteiger charge is 2.05. The molecule has 0 aliphatic rings. The third-order valence-electron chi connectivity index (χ3n) is 3.05. The lowest BCUT2D eigenvalue weighted by atomic mass is 10.2. The van der Waals surface area contributed by atoms with Gasteiger partial charge in [-0.1, -0.05) is 47.5 Å². The number of benzene rings is 2. The maximum Gasteiger partial charge on any atom is 0.337 e.